The number of hydrogen-bond acceptors (Lipinski definition) is 3. The first kappa shape index (κ1) is 13.5. The highest BCUT2D eigenvalue weighted by Crippen LogP contribution is 2.61. The van der Waals surface area contributed by atoms with E-state index in [1.165, 1.54) is 44.8 Å². The van der Waals surface area contributed by atoms with Gasteiger partial charge in [-0.2, -0.15) is 0 Å². The maximum atomic E-state index is 12.3. The molecule has 4 bridgehead atoms. The summed E-state index contributed by atoms with van der Waals surface area (Å²) in [5.41, 5.74) is 0.334. The molecule has 0 unspecified atom stereocenters. The molecular formula is C17H25NO3. The average molecular weight is 291 g/mol. The summed E-state index contributed by atoms with van der Waals surface area (Å²) in [4.78, 5) is 12.3. The Balaban J connectivity index is 1.46. The highest BCUT2D eigenvalue weighted by molar-refractivity contribution is 5.91. The molecule has 1 aliphatic heterocycles. The number of carbonyl (C=O) groups excluding carboxylic acids is 1. The molecule has 0 spiro atoms. The van der Waals surface area contributed by atoms with Gasteiger partial charge in [0.05, 0.1) is 0 Å². The van der Waals surface area contributed by atoms with Crippen LogP contribution in [0.3, 0.4) is 0 Å². The third kappa shape index (κ3) is 2.33. The zero-order chi connectivity index (χ0) is 14.4. The standard InChI is InChI=1S/C17H25NO3/c1-11(18-16(19)15-10-20-2-3-21-15)17-7-12-4-13(8-17)6-14(5-12)9-17/h10-14H,2-9H2,1H3,(H,18,19)/t11-,12?,13?,14?,17?/m0/s1. The Hall–Kier alpha value is -1.19. The Morgan fingerprint density at radius 1 is 1.19 bits per heavy atom. The van der Waals surface area contributed by atoms with Crippen LogP contribution in [-0.2, 0) is 14.3 Å². The van der Waals surface area contributed by atoms with Crippen molar-refractivity contribution in [2.45, 2.75) is 51.5 Å². The van der Waals surface area contributed by atoms with E-state index in [4.69, 9.17) is 9.47 Å². The van der Waals surface area contributed by atoms with Crippen molar-refractivity contribution in [2.75, 3.05) is 13.2 Å². The molecule has 21 heavy (non-hydrogen) atoms. The lowest BCUT2D eigenvalue weighted by Gasteiger charge is -2.59. The van der Waals surface area contributed by atoms with Crippen molar-refractivity contribution in [3.05, 3.63) is 12.0 Å². The van der Waals surface area contributed by atoms with Crippen LogP contribution in [0.2, 0.25) is 0 Å². The predicted molar refractivity (Wildman–Crippen MR) is 78.2 cm³/mol. The van der Waals surface area contributed by atoms with Crippen LogP contribution in [0.1, 0.15) is 45.4 Å². The van der Waals surface area contributed by atoms with Crippen LogP contribution in [-0.4, -0.2) is 25.2 Å². The number of rotatable bonds is 3. The molecule has 4 saturated carbocycles. The van der Waals surface area contributed by atoms with Gasteiger partial charge in [-0.15, -0.1) is 0 Å². The van der Waals surface area contributed by atoms with Gasteiger partial charge in [-0.1, -0.05) is 0 Å². The number of ether oxygens (including phenoxy) is 2. The van der Waals surface area contributed by atoms with Crippen molar-refractivity contribution >= 4 is 5.91 Å². The van der Waals surface area contributed by atoms with Gasteiger partial charge in [0.2, 0.25) is 5.76 Å². The van der Waals surface area contributed by atoms with E-state index >= 15 is 0 Å². The van der Waals surface area contributed by atoms with Gasteiger partial charge in [-0.3, -0.25) is 4.79 Å². The quantitative estimate of drug-likeness (QED) is 0.869. The SMILES string of the molecule is C[C@H](NC(=O)C1=COCCO1)C12CC3CC(CC(C3)C1)C2. The van der Waals surface area contributed by atoms with Gasteiger partial charge in [-0.05, 0) is 68.6 Å². The molecule has 4 aliphatic carbocycles. The maximum Gasteiger partial charge on any atom is 0.289 e. The summed E-state index contributed by atoms with van der Waals surface area (Å²) in [7, 11) is 0. The number of nitrogens with one attached hydrogen (secondary N) is 1. The minimum absolute atomic E-state index is 0.113. The molecule has 1 amide bonds. The summed E-state index contributed by atoms with van der Waals surface area (Å²) in [5, 5.41) is 3.19. The number of amides is 1. The molecule has 4 nitrogen and oxygen atoms in total. The molecule has 0 radical (unpaired) electrons. The fraction of sp³-hybridized carbons (Fsp3) is 0.824. The van der Waals surface area contributed by atoms with Crippen LogP contribution >= 0.6 is 0 Å². The van der Waals surface area contributed by atoms with E-state index in [0.29, 0.717) is 24.4 Å². The Labute approximate surface area is 126 Å². The first-order valence-corrected chi connectivity index (χ1v) is 8.40. The van der Waals surface area contributed by atoms with Crippen molar-refractivity contribution < 1.29 is 14.3 Å². The number of hydrogen-bond donors (Lipinski definition) is 1. The van der Waals surface area contributed by atoms with Crippen LogP contribution in [0.15, 0.2) is 12.0 Å². The summed E-state index contributed by atoms with van der Waals surface area (Å²) < 4.78 is 10.6. The second kappa shape index (κ2) is 4.92. The third-order valence-electron chi connectivity index (χ3n) is 6.22. The molecule has 1 N–H and O–H groups in total. The average Bonchev–Trinajstić information content (AvgIpc) is 2.46. The molecule has 4 heteroatoms. The van der Waals surface area contributed by atoms with Crippen molar-refractivity contribution in [1.29, 1.82) is 0 Å². The fourth-order valence-electron chi connectivity index (χ4n) is 5.62. The number of carbonyl (C=O) groups is 1. The molecule has 116 valence electrons. The van der Waals surface area contributed by atoms with Gasteiger partial charge < -0.3 is 14.8 Å². The lowest BCUT2D eigenvalue weighted by Crippen LogP contribution is -2.56. The first-order valence-electron chi connectivity index (χ1n) is 8.40. The van der Waals surface area contributed by atoms with Crippen LogP contribution in [0.5, 0.6) is 0 Å². The van der Waals surface area contributed by atoms with E-state index in [-0.39, 0.29) is 11.9 Å². The molecule has 0 aromatic rings. The lowest BCUT2D eigenvalue weighted by molar-refractivity contribution is -0.127. The summed E-state index contributed by atoms with van der Waals surface area (Å²) in [6.07, 6.45) is 9.65. The van der Waals surface area contributed by atoms with Gasteiger partial charge >= 0.3 is 0 Å². The topological polar surface area (TPSA) is 47.6 Å². The van der Waals surface area contributed by atoms with E-state index < -0.39 is 0 Å². The van der Waals surface area contributed by atoms with Gasteiger partial charge in [0.25, 0.3) is 5.91 Å². The highest BCUT2D eigenvalue weighted by atomic mass is 16.6. The molecule has 0 aromatic heterocycles. The highest BCUT2D eigenvalue weighted by Gasteiger charge is 2.53. The third-order valence-corrected chi connectivity index (χ3v) is 6.22. The predicted octanol–water partition coefficient (Wildman–Crippen LogP) is 2.60. The molecule has 4 fully saturated rings. The maximum absolute atomic E-state index is 12.3. The molecule has 1 atom stereocenters. The van der Waals surface area contributed by atoms with Crippen LogP contribution in [0.25, 0.3) is 0 Å². The van der Waals surface area contributed by atoms with Crippen molar-refractivity contribution in [1.82, 2.24) is 5.32 Å². The summed E-state index contributed by atoms with van der Waals surface area (Å²) >= 11 is 0. The Morgan fingerprint density at radius 2 is 1.81 bits per heavy atom. The zero-order valence-corrected chi connectivity index (χ0v) is 12.8. The summed E-state index contributed by atoms with van der Waals surface area (Å²) in [5.74, 6) is 2.94. The lowest BCUT2D eigenvalue weighted by atomic mass is 9.48. The molecule has 5 aliphatic rings. The van der Waals surface area contributed by atoms with Gasteiger partial charge in [0.15, 0.2) is 0 Å². The second-order valence-electron chi connectivity index (χ2n) is 7.68. The van der Waals surface area contributed by atoms with Gasteiger partial charge in [0.1, 0.15) is 19.5 Å². The Bertz CT molecular complexity index is 435. The molecule has 0 aromatic carbocycles. The normalized spacial score (nSPS) is 41.8. The first-order chi connectivity index (χ1) is 10.1. The minimum atomic E-state index is -0.113. The molecular weight excluding hydrogens is 266 g/mol. The van der Waals surface area contributed by atoms with Crippen LogP contribution < -0.4 is 5.32 Å². The second-order valence-corrected chi connectivity index (χ2v) is 7.68. The van der Waals surface area contributed by atoms with Crippen molar-refractivity contribution in [3.8, 4) is 0 Å². The van der Waals surface area contributed by atoms with E-state index in [0.717, 1.165) is 17.8 Å². The summed E-state index contributed by atoms with van der Waals surface area (Å²) in [6.45, 7) is 3.18. The van der Waals surface area contributed by atoms with Gasteiger partial charge in [-0.25, -0.2) is 0 Å². The van der Waals surface area contributed by atoms with E-state index in [2.05, 4.69) is 12.2 Å². The van der Waals surface area contributed by atoms with Crippen molar-refractivity contribution in [3.63, 3.8) is 0 Å². The van der Waals surface area contributed by atoms with E-state index in [1.54, 1.807) is 0 Å². The van der Waals surface area contributed by atoms with Crippen LogP contribution in [0.4, 0.5) is 0 Å². The minimum Gasteiger partial charge on any atom is -0.494 e. The Kier molecular flexibility index (Phi) is 3.16. The monoisotopic (exact) mass is 291 g/mol. The molecule has 0 saturated heterocycles. The van der Waals surface area contributed by atoms with E-state index in [9.17, 15) is 4.79 Å². The smallest absolute Gasteiger partial charge is 0.289 e. The van der Waals surface area contributed by atoms with Crippen LogP contribution in [0, 0.1) is 23.2 Å². The zero-order valence-electron chi connectivity index (χ0n) is 12.8. The Morgan fingerprint density at radius 3 is 2.33 bits per heavy atom. The van der Waals surface area contributed by atoms with Crippen molar-refractivity contribution in [2.24, 2.45) is 23.2 Å². The molecule has 5 rings (SSSR count). The summed E-state index contributed by atoms with van der Waals surface area (Å²) in [6, 6.07) is 0.227. The largest absolute Gasteiger partial charge is 0.494 e. The van der Waals surface area contributed by atoms with Gasteiger partial charge in [0, 0.05) is 6.04 Å². The van der Waals surface area contributed by atoms with E-state index in [1.807, 2.05) is 0 Å². The fourth-order valence-corrected chi connectivity index (χ4v) is 5.62. The molecule has 1 heterocycles.